The molecule has 2 atom stereocenters. The third-order valence-electron chi connectivity index (χ3n) is 8.02. The Kier molecular flexibility index (Phi) is 15.6. The monoisotopic (exact) mass is 596 g/mol. The standard InChI is InChI=1S/C40H52O4/c1-5-6-7-8-9-10-11-12-29-43-37-26-22-36(23-27-37)35-20-16-33(17-21-35)14-15-34-18-24-38(25-19-34)44-40(42)30-32(4)13-28-39(41)31(2)3/h16-27,31-32,39,41H,5-13,28-30H2,1-4H3/t32-,39+/m1/s1. The fraction of sp³-hybridized carbons (Fsp3) is 0.475. The Balaban J connectivity index is 1.40. The summed E-state index contributed by atoms with van der Waals surface area (Å²) < 4.78 is 11.5. The smallest absolute Gasteiger partial charge is 0.311 e. The number of hydrogen-bond acceptors (Lipinski definition) is 4. The summed E-state index contributed by atoms with van der Waals surface area (Å²) in [5.41, 5.74) is 4.08. The second kappa shape index (κ2) is 19.7. The lowest BCUT2D eigenvalue weighted by Gasteiger charge is -2.17. The van der Waals surface area contributed by atoms with E-state index in [0.29, 0.717) is 18.6 Å². The maximum absolute atomic E-state index is 12.3. The zero-order chi connectivity index (χ0) is 31.6. The molecule has 0 aliphatic rings. The van der Waals surface area contributed by atoms with E-state index < -0.39 is 0 Å². The third kappa shape index (κ3) is 13.4. The van der Waals surface area contributed by atoms with Crippen molar-refractivity contribution >= 4 is 5.97 Å². The van der Waals surface area contributed by atoms with Crippen molar-refractivity contribution in [2.45, 2.75) is 104 Å². The van der Waals surface area contributed by atoms with Gasteiger partial charge in [-0.3, -0.25) is 4.79 Å². The van der Waals surface area contributed by atoms with Crippen LogP contribution in [0.3, 0.4) is 0 Å². The van der Waals surface area contributed by atoms with Gasteiger partial charge in [0.05, 0.1) is 12.7 Å². The van der Waals surface area contributed by atoms with Crippen LogP contribution in [-0.4, -0.2) is 23.8 Å². The van der Waals surface area contributed by atoms with Crippen LogP contribution in [0.2, 0.25) is 0 Å². The molecule has 0 fully saturated rings. The molecule has 3 aromatic rings. The predicted octanol–water partition coefficient (Wildman–Crippen LogP) is 10.0. The molecule has 0 aromatic heterocycles. The van der Waals surface area contributed by atoms with Crippen LogP contribution < -0.4 is 9.47 Å². The fourth-order valence-corrected chi connectivity index (χ4v) is 5.01. The molecular formula is C40H52O4. The normalized spacial score (nSPS) is 12.3. The molecule has 4 nitrogen and oxygen atoms in total. The van der Waals surface area contributed by atoms with E-state index >= 15 is 0 Å². The Labute approximate surface area is 266 Å². The van der Waals surface area contributed by atoms with Gasteiger partial charge in [-0.05, 0) is 90.8 Å². The molecule has 3 rings (SSSR count). The number of aliphatic hydroxyl groups is 1. The largest absolute Gasteiger partial charge is 0.494 e. The molecule has 3 aromatic carbocycles. The SMILES string of the molecule is CCCCCCCCCCOc1ccc(-c2ccc(C#Cc3ccc(OC(=O)C[C@H](C)CC[C@H](O)C(C)C)cc3)cc2)cc1. The van der Waals surface area contributed by atoms with Gasteiger partial charge in [-0.25, -0.2) is 0 Å². The average molecular weight is 597 g/mol. The van der Waals surface area contributed by atoms with E-state index in [1.165, 1.54) is 44.9 Å². The molecule has 1 N–H and O–H groups in total. The van der Waals surface area contributed by atoms with Gasteiger partial charge in [-0.15, -0.1) is 0 Å². The molecule has 0 aliphatic carbocycles. The minimum atomic E-state index is -0.327. The summed E-state index contributed by atoms with van der Waals surface area (Å²) in [4.78, 5) is 12.3. The number of esters is 1. The van der Waals surface area contributed by atoms with Gasteiger partial charge in [-0.1, -0.05) is 109 Å². The molecular weight excluding hydrogens is 544 g/mol. The van der Waals surface area contributed by atoms with Crippen LogP contribution in [0.15, 0.2) is 72.8 Å². The molecule has 0 aliphatic heterocycles. The molecule has 0 saturated carbocycles. The van der Waals surface area contributed by atoms with Crippen molar-refractivity contribution in [3.8, 4) is 34.5 Å². The van der Waals surface area contributed by atoms with E-state index in [-0.39, 0.29) is 23.9 Å². The van der Waals surface area contributed by atoms with Gasteiger partial charge in [0.2, 0.25) is 0 Å². The molecule has 236 valence electrons. The van der Waals surface area contributed by atoms with Crippen LogP contribution >= 0.6 is 0 Å². The summed E-state index contributed by atoms with van der Waals surface area (Å²) in [5.74, 6) is 7.99. The van der Waals surface area contributed by atoms with Crippen LogP contribution in [0.4, 0.5) is 0 Å². The van der Waals surface area contributed by atoms with E-state index in [1.54, 1.807) is 12.1 Å². The Morgan fingerprint density at radius 1 is 0.682 bits per heavy atom. The Bertz CT molecular complexity index is 1280. The topological polar surface area (TPSA) is 55.8 Å². The molecule has 0 saturated heterocycles. The van der Waals surface area contributed by atoms with Crippen molar-refractivity contribution in [2.24, 2.45) is 11.8 Å². The number of benzene rings is 3. The van der Waals surface area contributed by atoms with Gasteiger partial charge in [0, 0.05) is 17.5 Å². The van der Waals surface area contributed by atoms with Gasteiger partial charge in [0.25, 0.3) is 0 Å². The highest BCUT2D eigenvalue weighted by Crippen LogP contribution is 2.23. The molecule has 0 radical (unpaired) electrons. The molecule has 0 amide bonds. The molecule has 0 spiro atoms. The number of carbonyl (C=O) groups is 1. The number of carbonyl (C=O) groups excluding carboxylic acids is 1. The highest BCUT2D eigenvalue weighted by Gasteiger charge is 2.15. The summed E-state index contributed by atoms with van der Waals surface area (Å²) in [6, 6.07) is 23.9. The second-order valence-corrected chi connectivity index (χ2v) is 12.4. The molecule has 4 heteroatoms. The van der Waals surface area contributed by atoms with Gasteiger partial charge in [0.15, 0.2) is 0 Å². The van der Waals surface area contributed by atoms with Gasteiger partial charge < -0.3 is 14.6 Å². The first-order valence-corrected chi connectivity index (χ1v) is 16.7. The number of rotatable bonds is 18. The summed E-state index contributed by atoms with van der Waals surface area (Å²) >= 11 is 0. The lowest BCUT2D eigenvalue weighted by atomic mass is 9.95. The number of ether oxygens (including phenoxy) is 2. The Morgan fingerprint density at radius 3 is 1.75 bits per heavy atom. The highest BCUT2D eigenvalue weighted by atomic mass is 16.5. The zero-order valence-corrected chi connectivity index (χ0v) is 27.3. The van der Waals surface area contributed by atoms with Crippen LogP contribution in [0.1, 0.15) is 109 Å². The van der Waals surface area contributed by atoms with Crippen LogP contribution in [0.5, 0.6) is 11.5 Å². The van der Waals surface area contributed by atoms with Crippen molar-refractivity contribution in [1.29, 1.82) is 0 Å². The quantitative estimate of drug-likeness (QED) is 0.0687. The summed E-state index contributed by atoms with van der Waals surface area (Å²) in [6.45, 7) is 9.06. The van der Waals surface area contributed by atoms with Gasteiger partial charge in [0.1, 0.15) is 11.5 Å². The lowest BCUT2D eigenvalue weighted by molar-refractivity contribution is -0.135. The maximum atomic E-state index is 12.3. The lowest BCUT2D eigenvalue weighted by Crippen LogP contribution is -2.17. The van der Waals surface area contributed by atoms with Crippen molar-refractivity contribution in [3.05, 3.63) is 83.9 Å². The number of unbranched alkanes of at least 4 members (excludes halogenated alkanes) is 7. The second-order valence-electron chi connectivity index (χ2n) is 12.4. The summed E-state index contributed by atoms with van der Waals surface area (Å²) in [5, 5.41) is 9.98. The van der Waals surface area contributed by atoms with E-state index in [4.69, 9.17) is 9.47 Å². The van der Waals surface area contributed by atoms with Gasteiger partial charge >= 0.3 is 5.97 Å². The van der Waals surface area contributed by atoms with E-state index in [9.17, 15) is 9.90 Å². The summed E-state index contributed by atoms with van der Waals surface area (Å²) in [6.07, 6.45) is 11.9. The van der Waals surface area contributed by atoms with E-state index in [0.717, 1.165) is 47.5 Å². The molecule has 0 bridgehead atoms. The predicted molar refractivity (Wildman–Crippen MR) is 182 cm³/mol. The molecule has 0 unspecified atom stereocenters. The maximum Gasteiger partial charge on any atom is 0.311 e. The first-order valence-electron chi connectivity index (χ1n) is 16.7. The number of aliphatic hydroxyl groups excluding tert-OH is 1. The first kappa shape index (κ1) is 34.9. The first-order chi connectivity index (χ1) is 21.3. The number of hydrogen-bond donors (Lipinski definition) is 1. The van der Waals surface area contributed by atoms with E-state index in [2.05, 4.69) is 55.2 Å². The third-order valence-corrected chi connectivity index (χ3v) is 8.02. The van der Waals surface area contributed by atoms with E-state index in [1.807, 2.05) is 45.0 Å². The van der Waals surface area contributed by atoms with Crippen LogP contribution in [0.25, 0.3) is 11.1 Å². The van der Waals surface area contributed by atoms with Crippen LogP contribution in [-0.2, 0) is 4.79 Å². The minimum Gasteiger partial charge on any atom is -0.494 e. The Hall–Kier alpha value is -3.55. The average Bonchev–Trinajstić information content (AvgIpc) is 3.03. The van der Waals surface area contributed by atoms with Crippen molar-refractivity contribution in [3.63, 3.8) is 0 Å². The fourth-order valence-electron chi connectivity index (χ4n) is 5.01. The molecule has 0 heterocycles. The van der Waals surface area contributed by atoms with Crippen molar-refractivity contribution in [2.75, 3.05) is 6.61 Å². The zero-order valence-electron chi connectivity index (χ0n) is 27.3. The van der Waals surface area contributed by atoms with Crippen molar-refractivity contribution < 1.29 is 19.4 Å². The summed E-state index contributed by atoms with van der Waals surface area (Å²) in [7, 11) is 0. The molecule has 44 heavy (non-hydrogen) atoms. The van der Waals surface area contributed by atoms with Crippen molar-refractivity contribution in [1.82, 2.24) is 0 Å². The minimum absolute atomic E-state index is 0.162. The Morgan fingerprint density at radius 2 is 1.18 bits per heavy atom. The highest BCUT2D eigenvalue weighted by molar-refractivity contribution is 5.72. The van der Waals surface area contributed by atoms with Gasteiger partial charge in [-0.2, -0.15) is 0 Å². The van der Waals surface area contributed by atoms with Crippen LogP contribution in [0, 0.1) is 23.7 Å².